The highest BCUT2D eigenvalue weighted by atomic mass is 35.5. The highest BCUT2D eigenvalue weighted by molar-refractivity contribution is 8.18. The fraction of sp³-hybridized carbons (Fsp3) is 0.353. The molecule has 0 spiro atoms. The molecule has 0 aromatic heterocycles. The molecule has 3 amide bonds. The van der Waals surface area contributed by atoms with E-state index in [1.165, 1.54) is 0 Å². The third-order valence-electron chi connectivity index (χ3n) is 4.18. The van der Waals surface area contributed by atoms with Crippen LogP contribution in [0.4, 0.5) is 4.79 Å². The van der Waals surface area contributed by atoms with Crippen molar-refractivity contribution in [3.05, 3.63) is 39.8 Å². The van der Waals surface area contributed by atoms with Gasteiger partial charge in [-0.05, 0) is 42.3 Å². The quantitative estimate of drug-likeness (QED) is 0.814. The third-order valence-corrected chi connectivity index (χ3v) is 5.43. The van der Waals surface area contributed by atoms with E-state index >= 15 is 0 Å². The topological polar surface area (TPSA) is 66.5 Å². The number of benzene rings is 1. The molecule has 1 aromatic rings. The second-order valence-corrected chi connectivity index (χ2v) is 7.17. The van der Waals surface area contributed by atoms with E-state index in [0.29, 0.717) is 15.5 Å². The maximum absolute atomic E-state index is 12.4. The van der Waals surface area contributed by atoms with Crippen molar-refractivity contribution in [2.75, 3.05) is 13.1 Å². The number of halogens is 1. The molecule has 1 heterocycles. The lowest BCUT2D eigenvalue weighted by atomic mass is 9.85. The molecule has 1 saturated carbocycles. The normalized spacial score (nSPS) is 19.7. The number of imide groups is 1. The molecule has 1 aromatic carbocycles. The van der Waals surface area contributed by atoms with Crippen LogP contribution in [-0.2, 0) is 9.59 Å². The molecule has 5 nitrogen and oxygen atoms in total. The molecule has 24 heavy (non-hydrogen) atoms. The summed E-state index contributed by atoms with van der Waals surface area (Å²) in [6.07, 6.45) is 4.57. The van der Waals surface area contributed by atoms with Crippen LogP contribution in [0.3, 0.4) is 0 Å². The predicted octanol–water partition coefficient (Wildman–Crippen LogP) is 3.29. The highest BCUT2D eigenvalue weighted by Crippen LogP contribution is 2.33. The molecular weight excluding hydrogens is 348 g/mol. The van der Waals surface area contributed by atoms with Crippen molar-refractivity contribution in [3.63, 3.8) is 0 Å². The number of nitrogens with one attached hydrogen (secondary N) is 1. The van der Waals surface area contributed by atoms with Gasteiger partial charge in [-0.25, -0.2) is 0 Å². The Morgan fingerprint density at radius 2 is 2.08 bits per heavy atom. The first-order chi connectivity index (χ1) is 11.6. The van der Waals surface area contributed by atoms with Crippen LogP contribution in [0.2, 0.25) is 5.02 Å². The SMILES string of the molecule is O=C(NCCN1C(=O)SC(=Cc2ccccc2Cl)C1=O)C1CCC1. The maximum atomic E-state index is 12.4. The van der Waals surface area contributed by atoms with Crippen LogP contribution < -0.4 is 5.32 Å². The summed E-state index contributed by atoms with van der Waals surface area (Å²) < 4.78 is 0. The fourth-order valence-electron chi connectivity index (χ4n) is 2.53. The summed E-state index contributed by atoms with van der Waals surface area (Å²) in [5.74, 6) is -0.234. The zero-order chi connectivity index (χ0) is 17.1. The van der Waals surface area contributed by atoms with Crippen LogP contribution in [-0.4, -0.2) is 35.0 Å². The summed E-state index contributed by atoms with van der Waals surface area (Å²) >= 11 is 6.97. The smallest absolute Gasteiger partial charge is 0.293 e. The molecule has 1 aliphatic heterocycles. The van der Waals surface area contributed by atoms with Crippen LogP contribution in [0.25, 0.3) is 6.08 Å². The summed E-state index contributed by atoms with van der Waals surface area (Å²) in [7, 11) is 0. The summed E-state index contributed by atoms with van der Waals surface area (Å²) in [5, 5.41) is 2.99. The van der Waals surface area contributed by atoms with E-state index in [-0.39, 0.29) is 36.1 Å². The fourth-order valence-corrected chi connectivity index (χ4v) is 3.58. The number of carbonyl (C=O) groups excluding carboxylic acids is 3. The minimum Gasteiger partial charge on any atom is -0.354 e. The molecule has 1 aliphatic carbocycles. The van der Waals surface area contributed by atoms with Crippen LogP contribution in [0.15, 0.2) is 29.2 Å². The van der Waals surface area contributed by atoms with Crippen molar-refractivity contribution in [2.45, 2.75) is 19.3 Å². The maximum Gasteiger partial charge on any atom is 0.293 e. The molecule has 1 N–H and O–H groups in total. The second-order valence-electron chi connectivity index (χ2n) is 5.77. The van der Waals surface area contributed by atoms with Gasteiger partial charge in [0.1, 0.15) is 0 Å². The Morgan fingerprint density at radius 1 is 1.33 bits per heavy atom. The molecule has 7 heteroatoms. The summed E-state index contributed by atoms with van der Waals surface area (Å²) in [6.45, 7) is 0.468. The molecule has 0 radical (unpaired) electrons. The number of hydrogen-bond acceptors (Lipinski definition) is 4. The van der Waals surface area contributed by atoms with Crippen molar-refractivity contribution in [3.8, 4) is 0 Å². The molecular formula is C17H17ClN2O3S. The molecule has 2 aliphatic rings. The Labute approximate surface area is 149 Å². The van der Waals surface area contributed by atoms with Crippen molar-refractivity contribution < 1.29 is 14.4 Å². The largest absolute Gasteiger partial charge is 0.354 e. The number of carbonyl (C=O) groups is 3. The van der Waals surface area contributed by atoms with Gasteiger partial charge in [0.15, 0.2) is 0 Å². The third kappa shape index (κ3) is 3.65. The second kappa shape index (κ2) is 7.40. The van der Waals surface area contributed by atoms with Gasteiger partial charge in [-0.15, -0.1) is 0 Å². The van der Waals surface area contributed by atoms with Crippen molar-refractivity contribution >= 4 is 46.5 Å². The molecule has 126 valence electrons. The van der Waals surface area contributed by atoms with Gasteiger partial charge in [0.2, 0.25) is 5.91 Å². The molecule has 2 fully saturated rings. The lowest BCUT2D eigenvalue weighted by Crippen LogP contribution is -2.40. The van der Waals surface area contributed by atoms with E-state index in [0.717, 1.165) is 35.9 Å². The van der Waals surface area contributed by atoms with Gasteiger partial charge in [-0.2, -0.15) is 0 Å². The lowest BCUT2D eigenvalue weighted by Gasteiger charge is -2.24. The Hall–Kier alpha value is -1.79. The number of nitrogens with zero attached hydrogens (tertiary/aromatic N) is 1. The van der Waals surface area contributed by atoms with E-state index in [1.807, 2.05) is 6.07 Å². The van der Waals surface area contributed by atoms with Gasteiger partial charge in [0, 0.05) is 24.0 Å². The number of rotatable bonds is 5. The van der Waals surface area contributed by atoms with Crippen LogP contribution >= 0.6 is 23.4 Å². The van der Waals surface area contributed by atoms with E-state index < -0.39 is 0 Å². The van der Waals surface area contributed by atoms with Crippen molar-refractivity contribution in [1.82, 2.24) is 10.2 Å². The number of thioether (sulfide) groups is 1. The van der Waals surface area contributed by atoms with Crippen LogP contribution in [0.1, 0.15) is 24.8 Å². The highest BCUT2D eigenvalue weighted by Gasteiger charge is 2.35. The molecule has 3 rings (SSSR count). The molecule has 1 saturated heterocycles. The first-order valence-corrected chi connectivity index (χ1v) is 9.03. The Morgan fingerprint density at radius 3 is 2.75 bits per heavy atom. The zero-order valence-electron chi connectivity index (χ0n) is 13.0. The first kappa shape index (κ1) is 17.0. The predicted molar refractivity (Wildman–Crippen MR) is 94.5 cm³/mol. The number of amides is 3. The minimum atomic E-state index is -0.345. The van der Waals surface area contributed by atoms with E-state index in [2.05, 4.69) is 5.32 Å². The molecule has 0 atom stereocenters. The summed E-state index contributed by atoms with van der Waals surface area (Å²) in [5.41, 5.74) is 0.697. The molecule has 0 unspecified atom stereocenters. The monoisotopic (exact) mass is 364 g/mol. The van der Waals surface area contributed by atoms with Gasteiger partial charge in [-0.1, -0.05) is 36.2 Å². The minimum absolute atomic E-state index is 0.0137. The van der Waals surface area contributed by atoms with Crippen molar-refractivity contribution in [2.24, 2.45) is 5.92 Å². The van der Waals surface area contributed by atoms with E-state index in [9.17, 15) is 14.4 Å². The summed E-state index contributed by atoms with van der Waals surface area (Å²) in [6, 6.07) is 7.14. The van der Waals surface area contributed by atoms with Gasteiger partial charge in [0.05, 0.1) is 4.91 Å². The van der Waals surface area contributed by atoms with Gasteiger partial charge >= 0.3 is 0 Å². The Kier molecular flexibility index (Phi) is 5.26. The van der Waals surface area contributed by atoms with Crippen LogP contribution in [0.5, 0.6) is 0 Å². The van der Waals surface area contributed by atoms with Gasteiger partial charge in [0.25, 0.3) is 11.1 Å². The average Bonchev–Trinajstić information content (AvgIpc) is 2.75. The zero-order valence-corrected chi connectivity index (χ0v) is 14.5. The number of hydrogen-bond donors (Lipinski definition) is 1. The van der Waals surface area contributed by atoms with Crippen molar-refractivity contribution in [1.29, 1.82) is 0 Å². The standard InChI is InChI=1S/C17H17ClN2O3S/c18-13-7-2-1-4-12(13)10-14-16(22)20(17(23)24-14)9-8-19-15(21)11-5-3-6-11/h1-2,4,7,10-11H,3,5-6,8-9H2,(H,19,21). The van der Waals surface area contributed by atoms with Gasteiger partial charge in [-0.3, -0.25) is 19.3 Å². The summed E-state index contributed by atoms with van der Waals surface area (Å²) in [4.78, 5) is 37.7. The average molecular weight is 365 g/mol. The Balaban J connectivity index is 1.59. The lowest BCUT2D eigenvalue weighted by molar-refractivity contribution is -0.128. The Bertz CT molecular complexity index is 716. The van der Waals surface area contributed by atoms with E-state index in [4.69, 9.17) is 11.6 Å². The molecule has 0 bridgehead atoms. The van der Waals surface area contributed by atoms with Gasteiger partial charge < -0.3 is 5.32 Å². The first-order valence-electron chi connectivity index (χ1n) is 7.84. The van der Waals surface area contributed by atoms with E-state index in [1.54, 1.807) is 24.3 Å². The van der Waals surface area contributed by atoms with Crippen LogP contribution in [0, 0.1) is 5.92 Å².